The van der Waals surface area contributed by atoms with Gasteiger partial charge < -0.3 is 15.0 Å². The fourth-order valence-electron chi connectivity index (χ4n) is 2.88. The Labute approximate surface area is 170 Å². The second-order valence-electron chi connectivity index (χ2n) is 6.59. The van der Waals surface area contributed by atoms with Crippen LogP contribution in [0.25, 0.3) is 10.9 Å². The third-order valence-corrected chi connectivity index (χ3v) is 4.69. The van der Waals surface area contributed by atoms with Crippen LogP contribution < -0.4 is 5.32 Å². The number of halogens is 1. The van der Waals surface area contributed by atoms with E-state index in [0.717, 1.165) is 35.1 Å². The molecule has 0 radical (unpaired) electrons. The topological polar surface area (TPSA) is 54.5 Å². The molecule has 3 aromatic rings. The van der Waals surface area contributed by atoms with E-state index in [0.29, 0.717) is 18.2 Å². The smallest absolute Gasteiger partial charge is 0.248 e. The summed E-state index contributed by atoms with van der Waals surface area (Å²) in [5, 5.41) is 5.12. The van der Waals surface area contributed by atoms with Crippen molar-refractivity contribution in [3.05, 3.63) is 71.4 Å². The molecule has 0 aliphatic rings. The van der Waals surface area contributed by atoms with Gasteiger partial charge in [0.25, 0.3) is 0 Å². The molecule has 146 valence electrons. The Bertz CT molecular complexity index is 918. The van der Waals surface area contributed by atoms with Gasteiger partial charge in [0.05, 0.1) is 12.1 Å². The van der Waals surface area contributed by atoms with Crippen molar-refractivity contribution in [1.29, 1.82) is 0 Å². The molecule has 0 spiro atoms. The highest BCUT2D eigenvalue weighted by molar-refractivity contribution is 6.31. The molecule has 0 atom stereocenters. The van der Waals surface area contributed by atoms with Crippen LogP contribution in [0.2, 0.25) is 5.02 Å². The van der Waals surface area contributed by atoms with E-state index in [-0.39, 0.29) is 12.5 Å². The van der Waals surface area contributed by atoms with Crippen molar-refractivity contribution in [3.63, 3.8) is 0 Å². The zero-order chi connectivity index (χ0) is 19.8. The number of likely N-dealkylation sites (N-methyl/N-ethyl adjacent to an activating group) is 1. The Morgan fingerprint density at radius 2 is 2.00 bits per heavy atom. The van der Waals surface area contributed by atoms with Crippen LogP contribution in [0.5, 0.6) is 0 Å². The number of ether oxygens (including phenoxy) is 1. The summed E-state index contributed by atoms with van der Waals surface area (Å²) in [6, 6.07) is 17.5. The van der Waals surface area contributed by atoms with Gasteiger partial charge in [0.15, 0.2) is 0 Å². The molecule has 0 saturated carbocycles. The zero-order valence-electron chi connectivity index (χ0n) is 15.9. The maximum absolute atomic E-state index is 12.2. The highest BCUT2D eigenvalue weighted by Gasteiger charge is 2.09. The van der Waals surface area contributed by atoms with Gasteiger partial charge in [-0.05, 0) is 36.2 Å². The average molecular weight is 398 g/mol. The van der Waals surface area contributed by atoms with E-state index in [4.69, 9.17) is 16.3 Å². The van der Waals surface area contributed by atoms with Crippen LogP contribution in [-0.2, 0) is 16.1 Å². The number of anilines is 1. The summed E-state index contributed by atoms with van der Waals surface area (Å²) >= 11 is 6.03. The van der Waals surface area contributed by atoms with Crippen LogP contribution >= 0.6 is 11.6 Å². The number of carbonyl (C=O) groups is 1. The van der Waals surface area contributed by atoms with Gasteiger partial charge in [-0.25, -0.2) is 0 Å². The molecule has 1 aromatic heterocycles. The molecule has 1 heterocycles. The fourth-order valence-corrected chi connectivity index (χ4v) is 3.05. The molecular formula is C22H24ClN3O2. The number of amides is 1. The number of nitrogens with zero attached hydrogens (tertiary/aromatic N) is 2. The largest absolute Gasteiger partial charge is 0.384 e. The quantitative estimate of drug-likeness (QED) is 0.545. The molecule has 2 aromatic carbocycles. The van der Waals surface area contributed by atoms with Gasteiger partial charge in [-0.3, -0.25) is 9.78 Å². The van der Waals surface area contributed by atoms with E-state index in [1.54, 1.807) is 18.1 Å². The Morgan fingerprint density at radius 1 is 1.18 bits per heavy atom. The minimum absolute atomic E-state index is 0.0140. The number of benzene rings is 2. The van der Waals surface area contributed by atoms with E-state index in [1.807, 2.05) is 54.6 Å². The molecule has 0 bridgehead atoms. The second-order valence-corrected chi connectivity index (χ2v) is 7.03. The van der Waals surface area contributed by atoms with Crippen LogP contribution in [0.15, 0.2) is 60.8 Å². The van der Waals surface area contributed by atoms with Gasteiger partial charge in [0.1, 0.15) is 6.61 Å². The SMILES string of the molecule is CN(CCCNc1ccnc2cc(Cl)ccc12)C(=O)COCc1ccccc1. The van der Waals surface area contributed by atoms with Crippen molar-refractivity contribution in [2.45, 2.75) is 13.0 Å². The Kier molecular flexibility index (Phi) is 7.23. The van der Waals surface area contributed by atoms with Gasteiger partial charge in [-0.1, -0.05) is 41.9 Å². The molecule has 1 amide bonds. The van der Waals surface area contributed by atoms with E-state index < -0.39 is 0 Å². The number of rotatable bonds is 9. The normalized spacial score (nSPS) is 10.8. The Hall–Kier alpha value is -2.63. The van der Waals surface area contributed by atoms with Crippen molar-refractivity contribution in [1.82, 2.24) is 9.88 Å². The van der Waals surface area contributed by atoms with Crippen molar-refractivity contribution in [3.8, 4) is 0 Å². The first-order chi connectivity index (χ1) is 13.6. The van der Waals surface area contributed by atoms with E-state index >= 15 is 0 Å². The van der Waals surface area contributed by atoms with Gasteiger partial charge >= 0.3 is 0 Å². The summed E-state index contributed by atoms with van der Waals surface area (Å²) in [5.74, 6) is -0.0140. The van der Waals surface area contributed by atoms with Crippen LogP contribution in [0.4, 0.5) is 5.69 Å². The molecule has 28 heavy (non-hydrogen) atoms. The lowest BCUT2D eigenvalue weighted by Crippen LogP contribution is -2.32. The fraction of sp³-hybridized carbons (Fsp3) is 0.273. The number of hydrogen-bond donors (Lipinski definition) is 1. The van der Waals surface area contributed by atoms with E-state index in [9.17, 15) is 4.79 Å². The molecule has 0 unspecified atom stereocenters. The minimum atomic E-state index is -0.0140. The molecular weight excluding hydrogens is 374 g/mol. The molecule has 6 heteroatoms. The first kappa shape index (κ1) is 20.1. The molecule has 0 aliphatic heterocycles. The van der Waals surface area contributed by atoms with Gasteiger partial charge in [0, 0.05) is 42.4 Å². The summed E-state index contributed by atoms with van der Waals surface area (Å²) < 4.78 is 5.51. The molecule has 0 saturated heterocycles. The monoisotopic (exact) mass is 397 g/mol. The lowest BCUT2D eigenvalue weighted by Gasteiger charge is -2.18. The van der Waals surface area contributed by atoms with Crippen LogP contribution in [0.3, 0.4) is 0 Å². The number of carbonyl (C=O) groups excluding carboxylic acids is 1. The summed E-state index contributed by atoms with van der Waals surface area (Å²) in [6.07, 6.45) is 2.60. The third kappa shape index (κ3) is 5.68. The molecule has 5 nitrogen and oxygen atoms in total. The van der Waals surface area contributed by atoms with Crippen molar-refractivity contribution >= 4 is 34.1 Å². The molecule has 3 rings (SSSR count). The maximum atomic E-state index is 12.2. The molecule has 0 fully saturated rings. The Morgan fingerprint density at radius 3 is 2.82 bits per heavy atom. The lowest BCUT2D eigenvalue weighted by molar-refractivity contribution is -0.135. The van der Waals surface area contributed by atoms with Crippen molar-refractivity contribution < 1.29 is 9.53 Å². The minimum Gasteiger partial charge on any atom is -0.384 e. The number of nitrogens with one attached hydrogen (secondary N) is 1. The average Bonchev–Trinajstić information content (AvgIpc) is 2.71. The molecule has 1 N–H and O–H groups in total. The number of hydrogen-bond acceptors (Lipinski definition) is 4. The van der Waals surface area contributed by atoms with Crippen LogP contribution in [-0.4, -0.2) is 42.5 Å². The first-order valence-corrected chi connectivity index (χ1v) is 9.65. The summed E-state index contributed by atoms with van der Waals surface area (Å²) in [4.78, 5) is 18.2. The zero-order valence-corrected chi connectivity index (χ0v) is 16.7. The molecule has 0 aliphatic carbocycles. The predicted octanol–water partition coefficient (Wildman–Crippen LogP) is 4.37. The lowest BCUT2D eigenvalue weighted by atomic mass is 10.2. The number of fused-ring (bicyclic) bond motifs is 1. The highest BCUT2D eigenvalue weighted by atomic mass is 35.5. The van der Waals surface area contributed by atoms with Gasteiger partial charge in [0.2, 0.25) is 5.91 Å². The van der Waals surface area contributed by atoms with Crippen molar-refractivity contribution in [2.75, 3.05) is 32.1 Å². The van der Waals surface area contributed by atoms with Crippen LogP contribution in [0.1, 0.15) is 12.0 Å². The standard InChI is InChI=1S/C22H24ClN3O2/c1-26(22(27)16-28-15-17-6-3-2-4-7-17)13-5-11-24-20-10-12-25-21-14-18(23)8-9-19(20)21/h2-4,6-10,12,14H,5,11,13,15-16H2,1H3,(H,24,25). The number of aromatic nitrogens is 1. The second kappa shape index (κ2) is 10.1. The number of pyridine rings is 1. The predicted molar refractivity (Wildman–Crippen MR) is 114 cm³/mol. The summed E-state index contributed by atoms with van der Waals surface area (Å²) in [6.45, 7) is 1.95. The Balaban J connectivity index is 1.39. The highest BCUT2D eigenvalue weighted by Crippen LogP contribution is 2.24. The summed E-state index contributed by atoms with van der Waals surface area (Å²) in [5.41, 5.74) is 2.94. The van der Waals surface area contributed by atoms with Gasteiger partial charge in [-0.15, -0.1) is 0 Å². The first-order valence-electron chi connectivity index (χ1n) is 9.27. The summed E-state index contributed by atoms with van der Waals surface area (Å²) in [7, 11) is 1.80. The van der Waals surface area contributed by atoms with Crippen molar-refractivity contribution in [2.24, 2.45) is 0 Å². The third-order valence-electron chi connectivity index (χ3n) is 4.45. The maximum Gasteiger partial charge on any atom is 0.248 e. The van der Waals surface area contributed by atoms with Crippen LogP contribution in [0, 0.1) is 0 Å². The van der Waals surface area contributed by atoms with E-state index in [2.05, 4.69) is 10.3 Å². The van der Waals surface area contributed by atoms with E-state index in [1.165, 1.54) is 0 Å². The van der Waals surface area contributed by atoms with Gasteiger partial charge in [-0.2, -0.15) is 0 Å².